The molecule has 4 rings (SSSR count). The maximum absolute atomic E-state index is 12.8. The molecule has 0 aliphatic carbocycles. The molecule has 0 atom stereocenters. The Balaban J connectivity index is 1.40. The van der Waals surface area contributed by atoms with E-state index >= 15 is 0 Å². The summed E-state index contributed by atoms with van der Waals surface area (Å²) in [6.07, 6.45) is 2.56. The van der Waals surface area contributed by atoms with Gasteiger partial charge in [0.2, 0.25) is 0 Å². The number of hydrogen-bond acceptors (Lipinski definition) is 2. The first kappa shape index (κ1) is 19.3. The van der Waals surface area contributed by atoms with Crippen LogP contribution in [0.4, 0.5) is 5.69 Å². The molecule has 150 valence electrons. The molecular formula is C25H29N3O. The average molecular weight is 388 g/mol. The van der Waals surface area contributed by atoms with Crippen LogP contribution < -0.4 is 10.2 Å². The van der Waals surface area contributed by atoms with Gasteiger partial charge in [-0.25, -0.2) is 0 Å². The molecule has 3 aromatic rings. The number of nitrogens with zero attached hydrogens (tertiary/aromatic N) is 2. The number of amides is 1. The second-order valence-electron chi connectivity index (χ2n) is 7.90. The quantitative estimate of drug-likeness (QED) is 0.667. The van der Waals surface area contributed by atoms with Gasteiger partial charge in [0, 0.05) is 43.3 Å². The van der Waals surface area contributed by atoms with Crippen molar-refractivity contribution in [3.63, 3.8) is 0 Å². The molecule has 1 fully saturated rings. The summed E-state index contributed by atoms with van der Waals surface area (Å²) in [7, 11) is 0. The van der Waals surface area contributed by atoms with E-state index in [0.29, 0.717) is 6.54 Å². The van der Waals surface area contributed by atoms with Crippen LogP contribution in [0.25, 0.3) is 0 Å². The lowest BCUT2D eigenvalue weighted by Gasteiger charge is -2.17. The summed E-state index contributed by atoms with van der Waals surface area (Å²) in [5, 5.41) is 3.08. The molecule has 0 spiro atoms. The van der Waals surface area contributed by atoms with Crippen molar-refractivity contribution in [3.8, 4) is 0 Å². The van der Waals surface area contributed by atoms with E-state index in [0.717, 1.165) is 42.1 Å². The topological polar surface area (TPSA) is 37.3 Å². The Morgan fingerprint density at radius 1 is 0.931 bits per heavy atom. The van der Waals surface area contributed by atoms with Crippen LogP contribution in [-0.2, 0) is 13.1 Å². The Labute approximate surface area is 173 Å². The van der Waals surface area contributed by atoms with Gasteiger partial charge in [0.15, 0.2) is 0 Å². The zero-order chi connectivity index (χ0) is 20.2. The average Bonchev–Trinajstić information content (AvgIpc) is 3.38. The van der Waals surface area contributed by atoms with E-state index in [1.165, 1.54) is 24.1 Å². The highest BCUT2D eigenvalue weighted by Crippen LogP contribution is 2.21. The minimum Gasteiger partial charge on any atom is -0.372 e. The predicted octanol–water partition coefficient (Wildman–Crippen LogP) is 4.68. The second kappa shape index (κ2) is 8.56. The molecule has 1 N–H and O–H groups in total. The molecule has 1 aromatic heterocycles. The fourth-order valence-corrected chi connectivity index (χ4v) is 4.12. The molecule has 0 radical (unpaired) electrons. The molecule has 1 amide bonds. The number of nitrogens with one attached hydrogen (secondary N) is 1. The first-order chi connectivity index (χ1) is 14.1. The maximum Gasteiger partial charge on any atom is 0.253 e. The molecule has 0 unspecified atom stereocenters. The summed E-state index contributed by atoms with van der Waals surface area (Å²) >= 11 is 0. The van der Waals surface area contributed by atoms with Gasteiger partial charge < -0.3 is 14.8 Å². The Morgan fingerprint density at radius 3 is 2.31 bits per heavy atom. The van der Waals surface area contributed by atoms with Gasteiger partial charge in [-0.1, -0.05) is 42.5 Å². The lowest BCUT2D eigenvalue weighted by atomic mass is 10.1. The number of carbonyl (C=O) groups excluding carboxylic acids is 1. The van der Waals surface area contributed by atoms with Crippen LogP contribution in [0.1, 0.15) is 45.7 Å². The molecule has 1 aliphatic heterocycles. The first-order valence-electron chi connectivity index (χ1n) is 10.4. The largest absolute Gasteiger partial charge is 0.372 e. The van der Waals surface area contributed by atoms with Gasteiger partial charge in [0.05, 0.1) is 5.56 Å². The molecule has 29 heavy (non-hydrogen) atoms. The van der Waals surface area contributed by atoms with Crippen molar-refractivity contribution in [1.29, 1.82) is 0 Å². The van der Waals surface area contributed by atoms with Gasteiger partial charge in [-0.2, -0.15) is 0 Å². The lowest BCUT2D eigenvalue weighted by Crippen LogP contribution is -2.23. The standard InChI is InChI=1S/C25H29N3O/c1-19-16-24(20(2)28(19)18-22-8-4-3-5-9-22)25(29)26-17-21-10-12-23(13-11-21)27-14-6-7-15-27/h3-5,8-13,16H,6-7,14-15,17-18H2,1-2H3,(H,26,29). The van der Waals surface area contributed by atoms with Gasteiger partial charge in [-0.3, -0.25) is 4.79 Å². The normalized spacial score (nSPS) is 13.7. The first-order valence-corrected chi connectivity index (χ1v) is 10.4. The van der Waals surface area contributed by atoms with Crippen LogP contribution in [-0.4, -0.2) is 23.6 Å². The molecular weight excluding hydrogens is 358 g/mol. The Morgan fingerprint density at radius 2 is 1.62 bits per heavy atom. The van der Waals surface area contributed by atoms with E-state index in [9.17, 15) is 4.79 Å². The van der Waals surface area contributed by atoms with Crippen molar-refractivity contribution in [2.24, 2.45) is 0 Å². The smallest absolute Gasteiger partial charge is 0.253 e. The zero-order valence-corrected chi connectivity index (χ0v) is 17.3. The highest BCUT2D eigenvalue weighted by atomic mass is 16.1. The van der Waals surface area contributed by atoms with Crippen molar-refractivity contribution >= 4 is 11.6 Å². The van der Waals surface area contributed by atoms with Crippen molar-refractivity contribution in [2.75, 3.05) is 18.0 Å². The van der Waals surface area contributed by atoms with Crippen molar-refractivity contribution in [1.82, 2.24) is 9.88 Å². The monoisotopic (exact) mass is 387 g/mol. The molecule has 1 aliphatic rings. The van der Waals surface area contributed by atoms with Gasteiger partial charge in [-0.05, 0) is 56.0 Å². The summed E-state index contributed by atoms with van der Waals surface area (Å²) in [6, 6.07) is 20.9. The van der Waals surface area contributed by atoms with Crippen LogP contribution in [0.3, 0.4) is 0 Å². The number of aromatic nitrogens is 1. The molecule has 0 saturated carbocycles. The Kier molecular flexibility index (Phi) is 5.70. The molecule has 4 heteroatoms. The highest BCUT2D eigenvalue weighted by molar-refractivity contribution is 5.95. The van der Waals surface area contributed by atoms with Gasteiger partial charge in [0.25, 0.3) is 5.91 Å². The molecule has 4 nitrogen and oxygen atoms in total. The fraction of sp³-hybridized carbons (Fsp3) is 0.320. The van der Waals surface area contributed by atoms with Crippen molar-refractivity contribution < 1.29 is 4.79 Å². The summed E-state index contributed by atoms with van der Waals surface area (Å²) in [5.74, 6) is -0.0129. The number of aryl methyl sites for hydroxylation is 1. The van der Waals surface area contributed by atoms with Crippen LogP contribution in [0.2, 0.25) is 0 Å². The predicted molar refractivity (Wildman–Crippen MR) is 119 cm³/mol. The number of benzene rings is 2. The summed E-state index contributed by atoms with van der Waals surface area (Å²) in [6.45, 7) is 7.70. The summed E-state index contributed by atoms with van der Waals surface area (Å²) in [5.41, 5.74) is 6.51. The van der Waals surface area contributed by atoms with E-state index in [2.05, 4.69) is 58.1 Å². The summed E-state index contributed by atoms with van der Waals surface area (Å²) in [4.78, 5) is 15.2. The van der Waals surface area contributed by atoms with Crippen LogP contribution in [0, 0.1) is 13.8 Å². The second-order valence-corrected chi connectivity index (χ2v) is 7.90. The zero-order valence-electron chi connectivity index (χ0n) is 17.3. The van der Waals surface area contributed by atoms with Gasteiger partial charge in [0.1, 0.15) is 0 Å². The Hall–Kier alpha value is -3.01. The van der Waals surface area contributed by atoms with Crippen molar-refractivity contribution in [3.05, 3.63) is 88.7 Å². The minimum atomic E-state index is -0.0129. The van der Waals surface area contributed by atoms with Crippen LogP contribution in [0.5, 0.6) is 0 Å². The third kappa shape index (κ3) is 4.37. The SMILES string of the molecule is Cc1cc(C(=O)NCc2ccc(N3CCCC3)cc2)c(C)n1Cc1ccccc1. The third-order valence-electron chi connectivity index (χ3n) is 5.86. The van der Waals surface area contributed by atoms with E-state index < -0.39 is 0 Å². The number of rotatable bonds is 6. The molecule has 2 aromatic carbocycles. The fourth-order valence-electron chi connectivity index (χ4n) is 4.12. The number of anilines is 1. The van der Waals surface area contributed by atoms with Gasteiger partial charge >= 0.3 is 0 Å². The van der Waals surface area contributed by atoms with E-state index in [-0.39, 0.29) is 5.91 Å². The molecule has 1 saturated heterocycles. The van der Waals surface area contributed by atoms with E-state index in [1.807, 2.05) is 31.2 Å². The Bertz CT molecular complexity index is 967. The minimum absolute atomic E-state index is 0.0129. The van der Waals surface area contributed by atoms with E-state index in [4.69, 9.17) is 0 Å². The molecule has 2 heterocycles. The highest BCUT2D eigenvalue weighted by Gasteiger charge is 2.16. The maximum atomic E-state index is 12.8. The van der Waals surface area contributed by atoms with Crippen molar-refractivity contribution in [2.45, 2.75) is 39.8 Å². The number of carbonyl (C=O) groups is 1. The summed E-state index contributed by atoms with van der Waals surface area (Å²) < 4.78 is 2.20. The van der Waals surface area contributed by atoms with Crippen LogP contribution >= 0.6 is 0 Å². The van der Waals surface area contributed by atoms with Gasteiger partial charge in [-0.15, -0.1) is 0 Å². The lowest BCUT2D eigenvalue weighted by molar-refractivity contribution is 0.0950. The third-order valence-corrected chi connectivity index (χ3v) is 5.86. The number of hydrogen-bond donors (Lipinski definition) is 1. The van der Waals surface area contributed by atoms with E-state index in [1.54, 1.807) is 0 Å². The molecule has 0 bridgehead atoms. The van der Waals surface area contributed by atoms with Crippen LogP contribution in [0.15, 0.2) is 60.7 Å².